The fourth-order valence-corrected chi connectivity index (χ4v) is 1.68. The first kappa shape index (κ1) is 9.68. The number of nitrogens with zero attached hydrogens (tertiary/aromatic N) is 1. The molecule has 1 fully saturated rings. The van der Waals surface area contributed by atoms with E-state index >= 15 is 0 Å². The Morgan fingerprint density at radius 3 is 3.29 bits per heavy atom. The molecule has 1 saturated heterocycles. The summed E-state index contributed by atoms with van der Waals surface area (Å²) >= 11 is 0. The highest BCUT2D eigenvalue weighted by atomic mass is 16.5. The van der Waals surface area contributed by atoms with E-state index in [0.29, 0.717) is 12.6 Å². The summed E-state index contributed by atoms with van der Waals surface area (Å²) in [6.07, 6.45) is 6.87. The maximum Gasteiger partial charge on any atom is 0.180 e. The summed E-state index contributed by atoms with van der Waals surface area (Å²) in [5.41, 5.74) is 0.862. The number of hydrogen-bond acceptors (Lipinski definition) is 4. The van der Waals surface area contributed by atoms with Gasteiger partial charge in [-0.25, -0.2) is 4.98 Å². The molecule has 1 aromatic rings. The van der Waals surface area contributed by atoms with Crippen LogP contribution in [0, 0.1) is 0 Å². The second-order valence-electron chi connectivity index (χ2n) is 3.64. The third-order valence-electron chi connectivity index (χ3n) is 2.46. The molecule has 4 nitrogen and oxygen atoms in total. The quantitative estimate of drug-likeness (QED) is 0.789. The van der Waals surface area contributed by atoms with Crippen LogP contribution in [0.3, 0.4) is 0 Å². The Morgan fingerprint density at radius 2 is 2.57 bits per heavy atom. The van der Waals surface area contributed by atoms with Crippen molar-refractivity contribution >= 4 is 0 Å². The summed E-state index contributed by atoms with van der Waals surface area (Å²) in [4.78, 5) is 3.99. The third-order valence-corrected chi connectivity index (χ3v) is 2.46. The van der Waals surface area contributed by atoms with Crippen LogP contribution < -0.4 is 5.32 Å². The molecule has 0 aromatic carbocycles. The minimum Gasteiger partial charge on any atom is -0.451 e. The van der Waals surface area contributed by atoms with Gasteiger partial charge in [0.25, 0.3) is 0 Å². The molecule has 1 unspecified atom stereocenters. The van der Waals surface area contributed by atoms with Gasteiger partial charge in [0.05, 0.1) is 13.2 Å². The summed E-state index contributed by atoms with van der Waals surface area (Å²) in [5, 5.41) is 3.43. The van der Waals surface area contributed by atoms with E-state index in [1.165, 1.54) is 25.7 Å². The van der Waals surface area contributed by atoms with Gasteiger partial charge in [0.2, 0.25) is 0 Å². The largest absolute Gasteiger partial charge is 0.451 e. The van der Waals surface area contributed by atoms with Crippen molar-refractivity contribution < 1.29 is 9.15 Å². The van der Waals surface area contributed by atoms with E-state index in [0.717, 1.165) is 18.8 Å². The van der Waals surface area contributed by atoms with Crippen molar-refractivity contribution in [2.75, 3.05) is 13.2 Å². The lowest BCUT2D eigenvalue weighted by Gasteiger charge is -2.22. The number of ether oxygens (including phenoxy) is 1. The van der Waals surface area contributed by atoms with Gasteiger partial charge in [-0.05, 0) is 19.4 Å². The number of nitrogens with one attached hydrogen (secondary N) is 1. The molecule has 0 bridgehead atoms. The molecule has 1 aliphatic heterocycles. The zero-order chi connectivity index (χ0) is 9.64. The fraction of sp³-hybridized carbons (Fsp3) is 0.700. The number of aromatic nitrogens is 1. The maximum absolute atomic E-state index is 5.53. The average Bonchev–Trinajstić information content (AvgIpc) is 2.72. The summed E-state index contributed by atoms with van der Waals surface area (Å²) in [7, 11) is 0. The highest BCUT2D eigenvalue weighted by Gasteiger charge is 2.12. The lowest BCUT2D eigenvalue weighted by molar-refractivity contribution is 0.0890. The Balaban J connectivity index is 1.62. The second-order valence-corrected chi connectivity index (χ2v) is 3.64. The van der Waals surface area contributed by atoms with Crippen molar-refractivity contribution in [1.29, 1.82) is 0 Å². The van der Waals surface area contributed by atoms with Crippen LogP contribution in [0.5, 0.6) is 0 Å². The molecule has 78 valence electrons. The first-order chi connectivity index (χ1) is 6.95. The molecule has 2 heterocycles. The zero-order valence-corrected chi connectivity index (χ0v) is 8.24. The molecule has 14 heavy (non-hydrogen) atoms. The third kappa shape index (κ3) is 2.82. The molecular formula is C10H16N2O2. The zero-order valence-electron chi connectivity index (χ0n) is 8.24. The molecule has 1 aliphatic rings. The molecule has 1 aromatic heterocycles. The van der Waals surface area contributed by atoms with Gasteiger partial charge in [0.15, 0.2) is 6.39 Å². The molecule has 0 radical (unpaired) electrons. The van der Waals surface area contributed by atoms with Crippen LogP contribution in [0.1, 0.15) is 25.0 Å². The van der Waals surface area contributed by atoms with Crippen LogP contribution in [-0.4, -0.2) is 24.2 Å². The van der Waals surface area contributed by atoms with Crippen molar-refractivity contribution in [2.45, 2.75) is 31.9 Å². The first-order valence-corrected chi connectivity index (χ1v) is 5.13. The monoisotopic (exact) mass is 196 g/mol. The van der Waals surface area contributed by atoms with Gasteiger partial charge in [-0.1, -0.05) is 6.42 Å². The predicted octanol–water partition coefficient (Wildman–Crippen LogP) is 1.33. The Labute approximate surface area is 83.7 Å². The summed E-state index contributed by atoms with van der Waals surface area (Å²) < 4.78 is 10.4. The van der Waals surface area contributed by atoms with Crippen LogP contribution in [0.4, 0.5) is 0 Å². The van der Waals surface area contributed by atoms with Gasteiger partial charge in [-0.15, -0.1) is 0 Å². The lowest BCUT2D eigenvalue weighted by atomic mass is 10.1. The minimum atomic E-state index is 0.524. The molecule has 1 atom stereocenters. The molecular weight excluding hydrogens is 180 g/mol. The topological polar surface area (TPSA) is 47.3 Å². The Hall–Kier alpha value is -0.870. The van der Waals surface area contributed by atoms with Crippen molar-refractivity contribution in [3.63, 3.8) is 0 Å². The van der Waals surface area contributed by atoms with E-state index in [1.807, 2.05) is 0 Å². The lowest BCUT2D eigenvalue weighted by Crippen LogP contribution is -2.37. The van der Waals surface area contributed by atoms with Crippen LogP contribution >= 0.6 is 0 Å². The summed E-state index contributed by atoms with van der Waals surface area (Å²) in [6.45, 7) is 2.44. The molecule has 4 heteroatoms. The smallest absolute Gasteiger partial charge is 0.180 e. The molecule has 2 rings (SSSR count). The number of rotatable bonds is 4. The van der Waals surface area contributed by atoms with E-state index in [2.05, 4.69) is 10.3 Å². The van der Waals surface area contributed by atoms with E-state index in [4.69, 9.17) is 9.15 Å². The SMILES string of the molecule is c1nc(COCC2CCCCN2)co1. The number of piperidine rings is 1. The standard InChI is InChI=1S/C10H16N2O2/c1-2-4-11-9(3-1)5-13-6-10-7-14-8-12-10/h7-9,11H,1-6H2. The Kier molecular flexibility index (Phi) is 3.54. The van der Waals surface area contributed by atoms with Gasteiger partial charge in [-0.3, -0.25) is 0 Å². The van der Waals surface area contributed by atoms with Gasteiger partial charge in [0.1, 0.15) is 12.0 Å². The average molecular weight is 196 g/mol. The second kappa shape index (κ2) is 5.12. The van der Waals surface area contributed by atoms with Crippen molar-refractivity contribution in [3.05, 3.63) is 18.4 Å². The van der Waals surface area contributed by atoms with E-state index < -0.39 is 0 Å². The van der Waals surface area contributed by atoms with E-state index in [-0.39, 0.29) is 0 Å². The highest BCUT2D eigenvalue weighted by molar-refractivity contribution is 4.87. The molecule has 0 amide bonds. The van der Waals surface area contributed by atoms with Gasteiger partial charge >= 0.3 is 0 Å². The Bertz CT molecular complexity index is 243. The number of oxazole rings is 1. The predicted molar refractivity (Wildman–Crippen MR) is 51.8 cm³/mol. The number of hydrogen-bond donors (Lipinski definition) is 1. The van der Waals surface area contributed by atoms with Gasteiger partial charge < -0.3 is 14.5 Å². The normalized spacial score (nSPS) is 22.4. The maximum atomic E-state index is 5.53. The van der Waals surface area contributed by atoms with Crippen molar-refractivity contribution in [1.82, 2.24) is 10.3 Å². The van der Waals surface area contributed by atoms with E-state index in [9.17, 15) is 0 Å². The molecule has 1 N–H and O–H groups in total. The first-order valence-electron chi connectivity index (χ1n) is 5.13. The van der Waals surface area contributed by atoms with Gasteiger partial charge in [0, 0.05) is 6.04 Å². The molecule has 0 spiro atoms. The van der Waals surface area contributed by atoms with Crippen molar-refractivity contribution in [3.8, 4) is 0 Å². The fourth-order valence-electron chi connectivity index (χ4n) is 1.68. The van der Waals surface area contributed by atoms with E-state index in [1.54, 1.807) is 6.26 Å². The minimum absolute atomic E-state index is 0.524. The molecule has 0 saturated carbocycles. The van der Waals surface area contributed by atoms with Crippen LogP contribution in [0.15, 0.2) is 17.1 Å². The highest BCUT2D eigenvalue weighted by Crippen LogP contribution is 2.07. The summed E-state index contributed by atoms with van der Waals surface area (Å²) in [6, 6.07) is 0.524. The summed E-state index contributed by atoms with van der Waals surface area (Å²) in [5.74, 6) is 0. The Morgan fingerprint density at radius 1 is 1.57 bits per heavy atom. The van der Waals surface area contributed by atoms with Crippen LogP contribution in [-0.2, 0) is 11.3 Å². The van der Waals surface area contributed by atoms with Crippen LogP contribution in [0.2, 0.25) is 0 Å². The molecule has 0 aliphatic carbocycles. The van der Waals surface area contributed by atoms with Crippen LogP contribution in [0.25, 0.3) is 0 Å². The van der Waals surface area contributed by atoms with Gasteiger partial charge in [-0.2, -0.15) is 0 Å². The van der Waals surface area contributed by atoms with Crippen molar-refractivity contribution in [2.24, 2.45) is 0 Å².